The topological polar surface area (TPSA) is 134 Å². The summed E-state index contributed by atoms with van der Waals surface area (Å²) in [5.74, 6) is -2.13. The molecule has 0 fully saturated rings. The van der Waals surface area contributed by atoms with Gasteiger partial charge in [-0.25, -0.2) is 9.80 Å². The Bertz CT molecular complexity index is 1090. The number of alkyl carbamates (subject to hydrolysis) is 1. The first-order chi connectivity index (χ1) is 18.6. The summed E-state index contributed by atoms with van der Waals surface area (Å²) in [7, 11) is 0. The molecule has 10 heteroatoms. The lowest BCUT2D eigenvalue weighted by atomic mass is 10.0. The van der Waals surface area contributed by atoms with Crippen LogP contribution in [0.3, 0.4) is 0 Å². The number of benzene rings is 2. The van der Waals surface area contributed by atoms with E-state index < -0.39 is 35.9 Å². The Hall–Kier alpha value is -4.21. The van der Waals surface area contributed by atoms with Gasteiger partial charge >= 0.3 is 12.0 Å². The second kappa shape index (κ2) is 15.9. The summed E-state index contributed by atoms with van der Waals surface area (Å²) in [5, 5.41) is 6.26. The number of rotatable bonds is 13. The molecule has 0 radical (unpaired) electrons. The Morgan fingerprint density at radius 2 is 1.38 bits per heavy atom. The van der Waals surface area contributed by atoms with Crippen molar-refractivity contribution in [2.75, 3.05) is 6.54 Å². The third kappa shape index (κ3) is 11.4. The first-order valence-corrected chi connectivity index (χ1v) is 13.0. The molecule has 0 aliphatic carbocycles. The molecule has 0 bridgehead atoms. The smallest absolute Gasteiger partial charge is 0.408 e. The van der Waals surface area contributed by atoms with Crippen molar-refractivity contribution in [3.63, 3.8) is 0 Å². The van der Waals surface area contributed by atoms with Crippen molar-refractivity contribution in [1.82, 2.24) is 21.1 Å². The maximum atomic E-state index is 13.3. The summed E-state index contributed by atoms with van der Waals surface area (Å²) in [4.78, 5) is 62.4. The number of hydrazine groups is 1. The van der Waals surface area contributed by atoms with Gasteiger partial charge in [0.1, 0.15) is 18.7 Å². The highest BCUT2D eigenvalue weighted by Crippen LogP contribution is 2.09. The molecule has 0 aliphatic rings. The zero-order valence-corrected chi connectivity index (χ0v) is 22.9. The van der Waals surface area contributed by atoms with Gasteiger partial charge in [0.05, 0.1) is 0 Å². The van der Waals surface area contributed by atoms with Crippen LogP contribution < -0.4 is 16.1 Å². The van der Waals surface area contributed by atoms with Crippen molar-refractivity contribution >= 4 is 30.1 Å². The minimum atomic E-state index is -1.09. The molecule has 2 aromatic carbocycles. The average molecular weight is 539 g/mol. The van der Waals surface area contributed by atoms with Gasteiger partial charge in [0, 0.05) is 13.0 Å². The molecule has 3 N–H and O–H groups in total. The Kier molecular flexibility index (Phi) is 12.6. The van der Waals surface area contributed by atoms with Crippen molar-refractivity contribution < 1.29 is 28.7 Å². The number of ether oxygens (including phenoxy) is 1. The van der Waals surface area contributed by atoms with Crippen molar-refractivity contribution in [3.05, 3.63) is 71.8 Å². The van der Waals surface area contributed by atoms with Crippen molar-refractivity contribution in [2.24, 2.45) is 11.8 Å². The summed E-state index contributed by atoms with van der Waals surface area (Å²) >= 11 is 0. The van der Waals surface area contributed by atoms with Crippen LogP contribution in [0.2, 0.25) is 0 Å². The van der Waals surface area contributed by atoms with Crippen LogP contribution in [0.1, 0.15) is 45.2 Å². The van der Waals surface area contributed by atoms with Crippen molar-refractivity contribution in [3.8, 4) is 0 Å². The number of carbonyl (C=O) groups is 5. The van der Waals surface area contributed by atoms with Crippen molar-refractivity contribution in [1.29, 1.82) is 0 Å². The van der Waals surface area contributed by atoms with Gasteiger partial charge in [0.15, 0.2) is 0 Å². The van der Waals surface area contributed by atoms with Gasteiger partial charge in [-0.3, -0.25) is 24.6 Å². The van der Waals surface area contributed by atoms with Crippen LogP contribution in [0.5, 0.6) is 0 Å². The molecule has 4 amide bonds. The lowest BCUT2D eigenvalue weighted by Crippen LogP contribution is -2.58. The fourth-order valence-electron chi connectivity index (χ4n) is 3.77. The molecule has 0 saturated carbocycles. The van der Waals surface area contributed by atoms with E-state index in [2.05, 4.69) is 16.1 Å². The van der Waals surface area contributed by atoms with Crippen LogP contribution >= 0.6 is 0 Å². The highest BCUT2D eigenvalue weighted by Gasteiger charge is 2.29. The summed E-state index contributed by atoms with van der Waals surface area (Å²) in [5.41, 5.74) is 4.04. The van der Waals surface area contributed by atoms with E-state index in [-0.39, 0.29) is 37.7 Å². The molecule has 10 nitrogen and oxygen atoms in total. The van der Waals surface area contributed by atoms with Crippen LogP contribution in [0.4, 0.5) is 4.79 Å². The maximum absolute atomic E-state index is 13.3. The number of hydrogen-bond donors (Lipinski definition) is 3. The maximum Gasteiger partial charge on any atom is 0.408 e. The van der Waals surface area contributed by atoms with Gasteiger partial charge < -0.3 is 15.4 Å². The number of amides is 4. The summed E-state index contributed by atoms with van der Waals surface area (Å²) in [6, 6.07) is 16.1. The molecule has 0 spiro atoms. The van der Waals surface area contributed by atoms with Gasteiger partial charge in [-0.2, -0.15) is 0 Å². The lowest BCUT2D eigenvalue weighted by Gasteiger charge is -2.28. The van der Waals surface area contributed by atoms with Crippen LogP contribution in [0.25, 0.3) is 0 Å². The minimum absolute atomic E-state index is 0.0297. The van der Waals surface area contributed by atoms with E-state index in [0.29, 0.717) is 6.42 Å². The Morgan fingerprint density at radius 1 is 0.795 bits per heavy atom. The van der Waals surface area contributed by atoms with Gasteiger partial charge in [-0.1, -0.05) is 88.4 Å². The van der Waals surface area contributed by atoms with Gasteiger partial charge in [-0.15, -0.1) is 0 Å². The van der Waals surface area contributed by atoms with Crippen LogP contribution in [0.15, 0.2) is 60.7 Å². The Morgan fingerprint density at radius 3 is 1.92 bits per heavy atom. The van der Waals surface area contributed by atoms with E-state index in [1.54, 1.807) is 24.3 Å². The molecule has 210 valence electrons. The zero-order valence-electron chi connectivity index (χ0n) is 22.9. The average Bonchev–Trinajstić information content (AvgIpc) is 2.90. The predicted molar refractivity (Wildman–Crippen MR) is 146 cm³/mol. The largest absolute Gasteiger partial charge is 0.445 e. The number of carbonyl (C=O) groups excluding carboxylic acids is 5. The number of nitrogens with one attached hydrogen (secondary N) is 3. The summed E-state index contributed by atoms with van der Waals surface area (Å²) in [6.07, 6.45) is -0.217. The Balaban J connectivity index is 2.18. The molecular weight excluding hydrogens is 500 g/mol. The SMILES string of the molecule is CC(C)C[C@H](NC(=O)OCc1ccccc1)C(=O)N[C@@H](Cc1ccccc1)C(=O)NN(CC(C)C)C(=O)C=O. The molecule has 2 aromatic rings. The molecular formula is C29H38N4O6. The molecule has 2 rings (SSSR count). The lowest BCUT2D eigenvalue weighted by molar-refractivity contribution is -0.146. The monoisotopic (exact) mass is 538 g/mol. The van der Waals surface area contributed by atoms with Gasteiger partial charge in [0.2, 0.25) is 12.2 Å². The molecule has 0 saturated heterocycles. The normalized spacial score (nSPS) is 12.3. The van der Waals surface area contributed by atoms with Crippen LogP contribution in [-0.2, 0) is 36.9 Å². The first kappa shape index (κ1) is 31.0. The highest BCUT2D eigenvalue weighted by molar-refractivity contribution is 6.23. The van der Waals surface area contributed by atoms with Gasteiger partial charge in [0.25, 0.3) is 5.91 Å². The molecule has 0 unspecified atom stereocenters. The van der Waals surface area contributed by atoms with Crippen molar-refractivity contribution in [2.45, 2.75) is 59.2 Å². The van der Waals surface area contributed by atoms with E-state index in [1.807, 2.05) is 64.1 Å². The third-order valence-corrected chi connectivity index (χ3v) is 5.60. The minimum Gasteiger partial charge on any atom is -0.445 e. The highest BCUT2D eigenvalue weighted by atomic mass is 16.5. The van der Waals surface area contributed by atoms with E-state index in [9.17, 15) is 24.0 Å². The summed E-state index contributed by atoms with van der Waals surface area (Å²) in [6.45, 7) is 7.62. The molecule has 0 aromatic heterocycles. The number of hydrogen-bond acceptors (Lipinski definition) is 6. The molecule has 2 atom stereocenters. The fourth-order valence-corrected chi connectivity index (χ4v) is 3.77. The fraction of sp³-hybridized carbons (Fsp3) is 0.414. The van der Waals surface area contributed by atoms with Crippen LogP contribution in [-0.4, -0.2) is 53.7 Å². The quantitative estimate of drug-likeness (QED) is 0.204. The Labute approximate surface area is 229 Å². The van der Waals surface area contributed by atoms with E-state index in [4.69, 9.17) is 4.74 Å². The zero-order chi connectivity index (χ0) is 28.8. The van der Waals surface area contributed by atoms with E-state index >= 15 is 0 Å². The second-order valence-corrected chi connectivity index (χ2v) is 10.1. The van der Waals surface area contributed by atoms with Gasteiger partial charge in [-0.05, 0) is 29.4 Å². The molecule has 0 aliphatic heterocycles. The van der Waals surface area contributed by atoms with Crippen LogP contribution in [0, 0.1) is 11.8 Å². The third-order valence-electron chi connectivity index (χ3n) is 5.60. The predicted octanol–water partition coefficient (Wildman–Crippen LogP) is 2.77. The van der Waals surface area contributed by atoms with E-state index in [0.717, 1.165) is 16.1 Å². The number of nitrogens with zero attached hydrogens (tertiary/aromatic N) is 1. The molecule has 0 heterocycles. The summed E-state index contributed by atoms with van der Waals surface area (Å²) < 4.78 is 5.28. The number of aldehydes is 1. The second-order valence-electron chi connectivity index (χ2n) is 10.1. The first-order valence-electron chi connectivity index (χ1n) is 13.0. The standard InChI is InChI=1S/C29H38N4O6/c1-20(2)15-24(31-29(38)39-19-23-13-9-6-10-14-23)27(36)30-25(16-22-11-7-5-8-12-22)28(37)32-33(17-21(3)4)26(35)18-34/h5-14,18,20-21,24-25H,15-17,19H2,1-4H3,(H,30,36)(H,31,38)(H,32,37)/t24-,25-/m0/s1. The molecule has 39 heavy (non-hydrogen) atoms. The van der Waals surface area contributed by atoms with E-state index in [1.165, 1.54) is 0 Å².